The average Bonchev–Trinajstić information content (AvgIpc) is 2.52. The van der Waals surface area contributed by atoms with Crippen LogP contribution in [0.4, 0.5) is 0 Å². The molecule has 1 aromatic rings. The number of carbonyl (C=O) groups excluding carboxylic acids is 1. The van der Waals surface area contributed by atoms with E-state index in [1.54, 1.807) is 0 Å². The summed E-state index contributed by atoms with van der Waals surface area (Å²) >= 11 is 0. The highest BCUT2D eigenvalue weighted by Crippen LogP contribution is 2.35. The molecule has 1 saturated carbocycles. The second-order valence-electron chi connectivity index (χ2n) is 6.53. The van der Waals surface area contributed by atoms with Crippen LogP contribution < -0.4 is 5.32 Å². The summed E-state index contributed by atoms with van der Waals surface area (Å²) in [5, 5.41) is 11.9. The van der Waals surface area contributed by atoms with Gasteiger partial charge >= 0.3 is 5.97 Å². The number of benzene rings is 1. The van der Waals surface area contributed by atoms with E-state index in [0.717, 1.165) is 25.7 Å². The first kappa shape index (κ1) is 16.5. The maximum Gasteiger partial charge on any atom is 0.326 e. The predicted octanol–water partition coefficient (Wildman–Crippen LogP) is 3.19. The normalized spacial score (nSPS) is 23.0. The van der Waals surface area contributed by atoms with Gasteiger partial charge in [0.25, 0.3) is 0 Å². The molecule has 0 aromatic heterocycles. The Morgan fingerprint density at radius 1 is 1.09 bits per heavy atom. The molecule has 2 rings (SSSR count). The Morgan fingerprint density at radius 2 is 1.68 bits per heavy atom. The van der Waals surface area contributed by atoms with E-state index in [-0.39, 0.29) is 17.7 Å². The Balaban J connectivity index is 1.88. The van der Waals surface area contributed by atoms with E-state index >= 15 is 0 Å². The minimum absolute atomic E-state index is 0.0550. The summed E-state index contributed by atoms with van der Waals surface area (Å²) < 4.78 is 0. The standard InChI is InChI=1S/C18H25NO3/c1-12(2)16(18(21)22)19-17(20)15-10-8-14(9-11-15)13-6-4-3-5-7-13/h3-7,12,14-16H,8-11H2,1-2H3,(H,19,20)(H,21,22)/t14?,15?,16-/m0/s1. The molecule has 0 aliphatic heterocycles. The summed E-state index contributed by atoms with van der Waals surface area (Å²) in [4.78, 5) is 23.5. The largest absolute Gasteiger partial charge is 0.480 e. The van der Waals surface area contributed by atoms with Gasteiger partial charge in [0.05, 0.1) is 0 Å². The zero-order valence-electron chi connectivity index (χ0n) is 13.3. The van der Waals surface area contributed by atoms with E-state index in [4.69, 9.17) is 5.11 Å². The third kappa shape index (κ3) is 4.09. The Labute approximate surface area is 131 Å². The van der Waals surface area contributed by atoms with Crippen LogP contribution in [0, 0.1) is 11.8 Å². The number of carbonyl (C=O) groups is 2. The van der Waals surface area contributed by atoms with E-state index in [9.17, 15) is 9.59 Å². The molecule has 1 amide bonds. The van der Waals surface area contributed by atoms with Crippen molar-refractivity contribution in [2.45, 2.75) is 51.5 Å². The van der Waals surface area contributed by atoms with E-state index in [0.29, 0.717) is 5.92 Å². The van der Waals surface area contributed by atoms with Crippen molar-refractivity contribution in [2.24, 2.45) is 11.8 Å². The van der Waals surface area contributed by atoms with Crippen molar-refractivity contribution in [1.82, 2.24) is 5.32 Å². The SMILES string of the molecule is CC(C)[C@H](NC(=O)C1CCC(c2ccccc2)CC1)C(=O)O. The summed E-state index contributed by atoms with van der Waals surface area (Å²) in [6.07, 6.45) is 3.63. The number of hydrogen-bond donors (Lipinski definition) is 2. The van der Waals surface area contributed by atoms with Gasteiger partial charge in [0.15, 0.2) is 0 Å². The number of nitrogens with one attached hydrogen (secondary N) is 1. The highest BCUT2D eigenvalue weighted by atomic mass is 16.4. The molecule has 1 atom stereocenters. The van der Waals surface area contributed by atoms with Crippen LogP contribution in [0.25, 0.3) is 0 Å². The third-order valence-electron chi connectivity index (χ3n) is 4.60. The molecule has 1 fully saturated rings. The van der Waals surface area contributed by atoms with Crippen molar-refractivity contribution < 1.29 is 14.7 Å². The number of hydrogen-bond acceptors (Lipinski definition) is 2. The Kier molecular flexibility index (Phi) is 5.58. The monoisotopic (exact) mass is 303 g/mol. The summed E-state index contributed by atoms with van der Waals surface area (Å²) in [7, 11) is 0. The van der Waals surface area contributed by atoms with E-state index in [2.05, 4.69) is 17.4 Å². The van der Waals surface area contributed by atoms with Crippen LogP contribution in [0.2, 0.25) is 0 Å². The van der Waals surface area contributed by atoms with Crippen LogP contribution >= 0.6 is 0 Å². The van der Waals surface area contributed by atoms with Crippen LogP contribution in [0.15, 0.2) is 30.3 Å². The smallest absolute Gasteiger partial charge is 0.326 e. The van der Waals surface area contributed by atoms with Gasteiger partial charge in [0.2, 0.25) is 5.91 Å². The van der Waals surface area contributed by atoms with Crippen LogP contribution in [0.5, 0.6) is 0 Å². The highest BCUT2D eigenvalue weighted by molar-refractivity contribution is 5.85. The Morgan fingerprint density at radius 3 is 2.18 bits per heavy atom. The third-order valence-corrected chi connectivity index (χ3v) is 4.60. The number of rotatable bonds is 5. The number of carboxylic acids is 1. The van der Waals surface area contributed by atoms with Gasteiger partial charge in [-0.25, -0.2) is 4.79 Å². The molecule has 2 N–H and O–H groups in total. The van der Waals surface area contributed by atoms with E-state index in [1.807, 2.05) is 32.0 Å². The lowest BCUT2D eigenvalue weighted by atomic mass is 9.78. The first-order valence-electron chi connectivity index (χ1n) is 8.07. The lowest BCUT2D eigenvalue weighted by Gasteiger charge is -2.29. The van der Waals surface area contributed by atoms with Crippen molar-refractivity contribution in [3.05, 3.63) is 35.9 Å². The van der Waals surface area contributed by atoms with Gasteiger partial charge in [-0.2, -0.15) is 0 Å². The van der Waals surface area contributed by atoms with E-state index in [1.165, 1.54) is 5.56 Å². The summed E-state index contributed by atoms with van der Waals surface area (Å²) in [5.74, 6) is -0.706. The van der Waals surface area contributed by atoms with Crippen LogP contribution in [-0.2, 0) is 9.59 Å². The zero-order valence-corrected chi connectivity index (χ0v) is 13.3. The second-order valence-corrected chi connectivity index (χ2v) is 6.53. The van der Waals surface area contributed by atoms with Gasteiger partial charge in [-0.3, -0.25) is 4.79 Å². The molecule has 0 heterocycles. The fraction of sp³-hybridized carbons (Fsp3) is 0.556. The van der Waals surface area contributed by atoms with Gasteiger partial charge < -0.3 is 10.4 Å². The Bertz CT molecular complexity index is 504. The number of carboxylic acid groups (broad SMARTS) is 1. The van der Waals surface area contributed by atoms with Crippen molar-refractivity contribution in [3.63, 3.8) is 0 Å². The molecule has 4 heteroatoms. The molecule has 1 aliphatic rings. The van der Waals surface area contributed by atoms with Crippen molar-refractivity contribution in [2.75, 3.05) is 0 Å². The molecule has 0 spiro atoms. The van der Waals surface area contributed by atoms with Crippen LogP contribution in [-0.4, -0.2) is 23.0 Å². The zero-order chi connectivity index (χ0) is 16.1. The minimum Gasteiger partial charge on any atom is -0.480 e. The quantitative estimate of drug-likeness (QED) is 0.878. The molecular weight excluding hydrogens is 278 g/mol. The molecule has 0 radical (unpaired) electrons. The van der Waals surface area contributed by atoms with E-state index < -0.39 is 12.0 Å². The molecule has 0 unspecified atom stereocenters. The van der Waals surface area contributed by atoms with Crippen molar-refractivity contribution in [1.29, 1.82) is 0 Å². The molecule has 1 aliphatic carbocycles. The molecule has 120 valence electrons. The molecule has 1 aromatic carbocycles. The molecular formula is C18H25NO3. The summed E-state index contributed by atoms with van der Waals surface area (Å²) in [5.41, 5.74) is 1.34. The first-order chi connectivity index (χ1) is 10.5. The second kappa shape index (κ2) is 7.43. The lowest BCUT2D eigenvalue weighted by molar-refractivity contribution is -0.144. The fourth-order valence-corrected chi connectivity index (χ4v) is 3.20. The van der Waals surface area contributed by atoms with Gasteiger partial charge in [-0.05, 0) is 43.1 Å². The lowest BCUT2D eigenvalue weighted by Crippen LogP contribution is -2.47. The minimum atomic E-state index is -0.957. The molecule has 0 bridgehead atoms. The number of aliphatic carboxylic acids is 1. The van der Waals surface area contributed by atoms with Crippen molar-refractivity contribution >= 4 is 11.9 Å². The van der Waals surface area contributed by atoms with Gasteiger partial charge in [0, 0.05) is 5.92 Å². The molecule has 4 nitrogen and oxygen atoms in total. The van der Waals surface area contributed by atoms with Gasteiger partial charge in [0.1, 0.15) is 6.04 Å². The van der Waals surface area contributed by atoms with Crippen LogP contribution in [0.1, 0.15) is 51.0 Å². The maximum absolute atomic E-state index is 12.3. The Hall–Kier alpha value is -1.84. The highest BCUT2D eigenvalue weighted by Gasteiger charge is 2.30. The van der Waals surface area contributed by atoms with Gasteiger partial charge in [-0.1, -0.05) is 44.2 Å². The fourth-order valence-electron chi connectivity index (χ4n) is 3.20. The van der Waals surface area contributed by atoms with Crippen LogP contribution in [0.3, 0.4) is 0 Å². The van der Waals surface area contributed by atoms with Crippen molar-refractivity contribution in [3.8, 4) is 0 Å². The maximum atomic E-state index is 12.3. The topological polar surface area (TPSA) is 66.4 Å². The summed E-state index contributed by atoms with van der Waals surface area (Å²) in [6.45, 7) is 3.62. The molecule has 22 heavy (non-hydrogen) atoms. The first-order valence-corrected chi connectivity index (χ1v) is 8.07. The summed E-state index contributed by atoms with van der Waals surface area (Å²) in [6, 6.07) is 9.61. The number of amides is 1. The van der Waals surface area contributed by atoms with Gasteiger partial charge in [-0.15, -0.1) is 0 Å². The molecule has 0 saturated heterocycles. The average molecular weight is 303 g/mol. The predicted molar refractivity (Wildman–Crippen MR) is 85.5 cm³/mol.